The standard InChI is InChI=1S/C14H21NO4S/c1-10(2)15-7-11-4-3-5-12(6-11)19-14-9-20(17,18)8-13(14)16/h3-6,10,13-16H,7-9H2,1-2H3. The number of rotatable bonds is 5. The van der Waals surface area contributed by atoms with Crippen molar-refractivity contribution in [2.24, 2.45) is 0 Å². The van der Waals surface area contributed by atoms with Crippen LogP contribution in [0.15, 0.2) is 24.3 Å². The lowest BCUT2D eigenvalue weighted by atomic mass is 10.2. The fourth-order valence-electron chi connectivity index (χ4n) is 2.13. The molecule has 2 rings (SSSR count). The minimum atomic E-state index is -3.18. The summed E-state index contributed by atoms with van der Waals surface area (Å²) in [4.78, 5) is 0. The summed E-state index contributed by atoms with van der Waals surface area (Å²) in [6.07, 6.45) is -1.62. The van der Waals surface area contributed by atoms with Gasteiger partial charge in [-0.15, -0.1) is 0 Å². The number of sulfone groups is 1. The van der Waals surface area contributed by atoms with Gasteiger partial charge in [0.1, 0.15) is 18.0 Å². The number of nitrogens with one attached hydrogen (secondary N) is 1. The maximum Gasteiger partial charge on any atom is 0.156 e. The Balaban J connectivity index is 2.01. The van der Waals surface area contributed by atoms with E-state index < -0.39 is 22.0 Å². The largest absolute Gasteiger partial charge is 0.487 e. The Morgan fingerprint density at radius 3 is 2.75 bits per heavy atom. The van der Waals surface area contributed by atoms with Crippen molar-refractivity contribution in [2.45, 2.75) is 38.6 Å². The highest BCUT2D eigenvalue weighted by Gasteiger charge is 2.38. The molecule has 0 saturated carbocycles. The molecule has 1 aliphatic rings. The molecule has 2 atom stereocenters. The molecule has 5 nitrogen and oxygen atoms in total. The lowest BCUT2D eigenvalue weighted by Crippen LogP contribution is -2.29. The van der Waals surface area contributed by atoms with Crippen LogP contribution in [0.1, 0.15) is 19.4 Å². The van der Waals surface area contributed by atoms with Crippen LogP contribution in [0.2, 0.25) is 0 Å². The Morgan fingerprint density at radius 1 is 1.40 bits per heavy atom. The van der Waals surface area contributed by atoms with E-state index in [-0.39, 0.29) is 11.5 Å². The summed E-state index contributed by atoms with van der Waals surface area (Å²) < 4.78 is 28.5. The summed E-state index contributed by atoms with van der Waals surface area (Å²) in [6, 6.07) is 7.87. The molecule has 0 aromatic heterocycles. The predicted octanol–water partition coefficient (Wildman–Crippen LogP) is 0.721. The summed E-state index contributed by atoms with van der Waals surface area (Å²) >= 11 is 0. The zero-order valence-corrected chi connectivity index (χ0v) is 12.6. The molecule has 1 aromatic rings. The second-order valence-corrected chi connectivity index (χ2v) is 7.64. The average Bonchev–Trinajstić information content (AvgIpc) is 2.60. The van der Waals surface area contributed by atoms with Crippen LogP contribution in [0.25, 0.3) is 0 Å². The van der Waals surface area contributed by atoms with Crippen LogP contribution in [0.5, 0.6) is 5.75 Å². The zero-order chi connectivity index (χ0) is 14.8. The van der Waals surface area contributed by atoms with Crippen LogP contribution >= 0.6 is 0 Å². The zero-order valence-electron chi connectivity index (χ0n) is 11.7. The number of ether oxygens (including phenoxy) is 1. The molecule has 1 aliphatic heterocycles. The molecular formula is C14H21NO4S. The van der Waals surface area contributed by atoms with Gasteiger partial charge in [-0.05, 0) is 17.7 Å². The van der Waals surface area contributed by atoms with E-state index in [9.17, 15) is 13.5 Å². The van der Waals surface area contributed by atoms with Gasteiger partial charge in [0.2, 0.25) is 0 Å². The van der Waals surface area contributed by atoms with Crippen LogP contribution in [-0.2, 0) is 16.4 Å². The Labute approximate surface area is 119 Å². The molecule has 0 aliphatic carbocycles. The molecule has 0 amide bonds. The van der Waals surface area contributed by atoms with Crippen molar-refractivity contribution < 1.29 is 18.3 Å². The fourth-order valence-corrected chi connectivity index (χ4v) is 3.80. The van der Waals surface area contributed by atoms with Gasteiger partial charge in [0, 0.05) is 12.6 Å². The molecule has 6 heteroatoms. The van der Waals surface area contributed by atoms with E-state index in [2.05, 4.69) is 19.2 Å². The smallest absolute Gasteiger partial charge is 0.156 e. The van der Waals surface area contributed by atoms with Crippen molar-refractivity contribution in [2.75, 3.05) is 11.5 Å². The van der Waals surface area contributed by atoms with Crippen molar-refractivity contribution in [1.82, 2.24) is 5.32 Å². The molecule has 2 N–H and O–H groups in total. The summed E-state index contributed by atoms with van der Waals surface area (Å²) in [5, 5.41) is 13.0. The lowest BCUT2D eigenvalue weighted by Gasteiger charge is -2.16. The maximum absolute atomic E-state index is 11.4. The van der Waals surface area contributed by atoms with Gasteiger partial charge >= 0.3 is 0 Å². The number of aliphatic hydroxyl groups is 1. The van der Waals surface area contributed by atoms with Crippen LogP contribution < -0.4 is 10.1 Å². The van der Waals surface area contributed by atoms with Gasteiger partial charge in [0.05, 0.1) is 11.5 Å². The van der Waals surface area contributed by atoms with E-state index in [1.54, 1.807) is 6.07 Å². The molecule has 2 unspecified atom stereocenters. The van der Waals surface area contributed by atoms with Crippen LogP contribution in [0, 0.1) is 0 Å². The highest BCUT2D eigenvalue weighted by atomic mass is 32.2. The van der Waals surface area contributed by atoms with E-state index in [0.717, 1.165) is 12.1 Å². The van der Waals surface area contributed by atoms with E-state index in [1.165, 1.54) is 0 Å². The van der Waals surface area contributed by atoms with Gasteiger partial charge in [-0.25, -0.2) is 8.42 Å². The highest BCUT2D eigenvalue weighted by Crippen LogP contribution is 2.21. The molecule has 1 fully saturated rings. The van der Waals surface area contributed by atoms with Gasteiger partial charge in [0.15, 0.2) is 9.84 Å². The molecule has 1 saturated heterocycles. The summed E-state index contributed by atoms with van der Waals surface area (Å²) in [6.45, 7) is 4.86. The summed E-state index contributed by atoms with van der Waals surface area (Å²) in [5.41, 5.74) is 1.06. The molecule has 1 aromatic carbocycles. The van der Waals surface area contributed by atoms with Gasteiger partial charge in [-0.2, -0.15) is 0 Å². The van der Waals surface area contributed by atoms with Crippen LogP contribution in [0.4, 0.5) is 0 Å². The molecule has 112 valence electrons. The van der Waals surface area contributed by atoms with E-state index in [1.807, 2.05) is 18.2 Å². The second kappa shape index (κ2) is 6.11. The van der Waals surface area contributed by atoms with Crippen LogP contribution in [0.3, 0.4) is 0 Å². The molecule has 0 radical (unpaired) electrons. The normalized spacial score (nSPS) is 25.0. The third-order valence-corrected chi connectivity index (χ3v) is 4.86. The predicted molar refractivity (Wildman–Crippen MR) is 77.5 cm³/mol. The average molecular weight is 299 g/mol. The van der Waals surface area contributed by atoms with Crippen molar-refractivity contribution in [1.29, 1.82) is 0 Å². The molecule has 0 bridgehead atoms. The summed E-state index contributed by atoms with van der Waals surface area (Å²) in [5.74, 6) is 0.253. The topological polar surface area (TPSA) is 75.6 Å². The van der Waals surface area contributed by atoms with E-state index >= 15 is 0 Å². The minimum Gasteiger partial charge on any atom is -0.487 e. The first-order chi connectivity index (χ1) is 9.35. The first-order valence-electron chi connectivity index (χ1n) is 6.73. The fraction of sp³-hybridized carbons (Fsp3) is 0.571. The number of hydrogen-bond acceptors (Lipinski definition) is 5. The van der Waals surface area contributed by atoms with Gasteiger partial charge < -0.3 is 15.2 Å². The number of benzene rings is 1. The summed E-state index contributed by atoms with van der Waals surface area (Å²) in [7, 11) is -3.18. The molecule has 1 heterocycles. The van der Waals surface area contributed by atoms with Crippen molar-refractivity contribution in [3.63, 3.8) is 0 Å². The molecule has 0 spiro atoms. The van der Waals surface area contributed by atoms with Crippen molar-refractivity contribution in [3.05, 3.63) is 29.8 Å². The SMILES string of the molecule is CC(C)NCc1cccc(OC2CS(=O)(=O)CC2O)c1. The quantitative estimate of drug-likeness (QED) is 0.838. The Morgan fingerprint density at radius 2 is 2.15 bits per heavy atom. The van der Waals surface area contributed by atoms with Gasteiger partial charge in [-0.3, -0.25) is 0 Å². The highest BCUT2D eigenvalue weighted by molar-refractivity contribution is 7.91. The number of hydrogen-bond donors (Lipinski definition) is 2. The van der Waals surface area contributed by atoms with Gasteiger partial charge in [0.25, 0.3) is 0 Å². The van der Waals surface area contributed by atoms with Crippen molar-refractivity contribution in [3.8, 4) is 5.75 Å². The Kier molecular flexibility index (Phi) is 4.67. The lowest BCUT2D eigenvalue weighted by molar-refractivity contribution is 0.0737. The van der Waals surface area contributed by atoms with E-state index in [0.29, 0.717) is 11.8 Å². The third-order valence-electron chi connectivity index (χ3n) is 3.17. The first-order valence-corrected chi connectivity index (χ1v) is 8.55. The Hall–Kier alpha value is -1.11. The van der Waals surface area contributed by atoms with Gasteiger partial charge in [-0.1, -0.05) is 26.0 Å². The monoisotopic (exact) mass is 299 g/mol. The molecule has 20 heavy (non-hydrogen) atoms. The van der Waals surface area contributed by atoms with Crippen LogP contribution in [-0.4, -0.2) is 43.3 Å². The second-order valence-electron chi connectivity index (χ2n) is 5.48. The third kappa shape index (κ3) is 4.19. The van der Waals surface area contributed by atoms with Crippen molar-refractivity contribution >= 4 is 9.84 Å². The minimum absolute atomic E-state index is 0.122. The van der Waals surface area contributed by atoms with E-state index in [4.69, 9.17) is 4.74 Å². The Bertz CT molecular complexity index is 556. The molecular weight excluding hydrogens is 278 g/mol. The first kappa shape index (κ1) is 15.3. The maximum atomic E-state index is 11.4. The number of aliphatic hydroxyl groups excluding tert-OH is 1.